The molecule has 0 atom stereocenters. The van der Waals surface area contributed by atoms with Crippen LogP contribution in [0.2, 0.25) is 0 Å². The Kier molecular flexibility index (Phi) is 5.53. The van der Waals surface area contributed by atoms with E-state index in [-0.39, 0.29) is 5.56 Å². The third kappa shape index (κ3) is 3.54. The summed E-state index contributed by atoms with van der Waals surface area (Å²) in [5.41, 5.74) is 3.58. The highest BCUT2D eigenvalue weighted by Gasteiger charge is 2.23. The van der Waals surface area contributed by atoms with Crippen LogP contribution in [0, 0.1) is 13.8 Å². The average molecular weight is 322 g/mol. The molecule has 2 rings (SSSR count). The van der Waals surface area contributed by atoms with E-state index in [0.29, 0.717) is 24.5 Å². The minimum Gasteiger partial charge on any atom is -0.478 e. The van der Waals surface area contributed by atoms with Gasteiger partial charge in [-0.25, -0.2) is 9.78 Å². The van der Waals surface area contributed by atoms with Crippen molar-refractivity contribution < 1.29 is 9.90 Å². The number of anilines is 1. The van der Waals surface area contributed by atoms with Gasteiger partial charge in [-0.2, -0.15) is 0 Å². The number of carboxylic acid groups (broad SMARTS) is 1. The molecule has 124 valence electrons. The second kappa shape index (κ2) is 7.59. The quantitative estimate of drug-likeness (QED) is 0.775. The Morgan fingerprint density at radius 2 is 1.79 bits per heavy atom. The molecule has 1 aromatic carbocycles. The highest BCUT2D eigenvalue weighted by molar-refractivity contribution is 6.01. The van der Waals surface area contributed by atoms with Gasteiger partial charge in [-0.3, -0.25) is 0 Å². The standard InChI is InChI=1S/C20H22N2O2/c1-5-11-22(12-6-2)19-18(20(23)24)17(13-15(4)21-19)16-10-8-7-9-14(16)3/h5-10,13H,1-2,11-12H2,3-4H3,(H,23,24). The number of hydrogen-bond donors (Lipinski definition) is 1. The molecule has 0 saturated carbocycles. The molecular formula is C20H22N2O2. The van der Waals surface area contributed by atoms with Crippen molar-refractivity contribution in [2.45, 2.75) is 13.8 Å². The lowest BCUT2D eigenvalue weighted by atomic mass is 9.95. The minimum absolute atomic E-state index is 0.207. The van der Waals surface area contributed by atoms with Crippen LogP contribution in [0.1, 0.15) is 21.6 Å². The van der Waals surface area contributed by atoms with E-state index in [2.05, 4.69) is 18.1 Å². The zero-order valence-corrected chi connectivity index (χ0v) is 14.1. The van der Waals surface area contributed by atoms with Gasteiger partial charge in [-0.1, -0.05) is 36.4 Å². The van der Waals surface area contributed by atoms with Gasteiger partial charge in [0, 0.05) is 24.3 Å². The predicted octanol–water partition coefficient (Wildman–Crippen LogP) is 4.24. The van der Waals surface area contributed by atoms with Crippen molar-refractivity contribution in [2.24, 2.45) is 0 Å². The normalized spacial score (nSPS) is 10.2. The number of hydrogen-bond acceptors (Lipinski definition) is 3. The molecule has 24 heavy (non-hydrogen) atoms. The molecule has 0 aliphatic carbocycles. The minimum atomic E-state index is -0.992. The maximum atomic E-state index is 12.0. The van der Waals surface area contributed by atoms with Crippen molar-refractivity contribution in [2.75, 3.05) is 18.0 Å². The molecule has 4 heteroatoms. The molecule has 0 saturated heterocycles. The lowest BCUT2D eigenvalue weighted by Gasteiger charge is -2.24. The van der Waals surface area contributed by atoms with Gasteiger partial charge in [-0.15, -0.1) is 13.2 Å². The van der Waals surface area contributed by atoms with Crippen molar-refractivity contribution in [3.05, 3.63) is 72.5 Å². The summed E-state index contributed by atoms with van der Waals surface area (Å²) in [5, 5.41) is 9.86. The molecule has 0 bridgehead atoms. The van der Waals surface area contributed by atoms with E-state index in [9.17, 15) is 9.90 Å². The summed E-state index contributed by atoms with van der Waals surface area (Å²) in [7, 11) is 0. The molecule has 0 spiro atoms. The Morgan fingerprint density at radius 1 is 1.17 bits per heavy atom. The Hall–Kier alpha value is -2.88. The second-order valence-corrected chi connectivity index (χ2v) is 5.61. The number of benzene rings is 1. The van der Waals surface area contributed by atoms with Gasteiger partial charge in [0.25, 0.3) is 0 Å². The third-order valence-corrected chi connectivity index (χ3v) is 3.78. The van der Waals surface area contributed by atoms with Crippen molar-refractivity contribution in [3.8, 4) is 11.1 Å². The predicted molar refractivity (Wildman–Crippen MR) is 98.7 cm³/mol. The van der Waals surface area contributed by atoms with Crippen molar-refractivity contribution >= 4 is 11.8 Å². The van der Waals surface area contributed by atoms with Gasteiger partial charge in [0.15, 0.2) is 0 Å². The molecule has 4 nitrogen and oxygen atoms in total. The number of rotatable bonds is 7. The first-order chi connectivity index (χ1) is 11.5. The molecule has 1 N–H and O–H groups in total. The number of pyridine rings is 1. The largest absolute Gasteiger partial charge is 0.478 e. The highest BCUT2D eigenvalue weighted by atomic mass is 16.4. The van der Waals surface area contributed by atoms with Crippen LogP contribution >= 0.6 is 0 Å². The van der Waals surface area contributed by atoms with Crippen LogP contribution in [-0.2, 0) is 0 Å². The summed E-state index contributed by atoms with van der Waals surface area (Å²) >= 11 is 0. The fourth-order valence-electron chi connectivity index (χ4n) is 2.74. The zero-order chi connectivity index (χ0) is 17.7. The lowest BCUT2D eigenvalue weighted by molar-refractivity contribution is 0.0698. The number of carboxylic acids is 1. The third-order valence-electron chi connectivity index (χ3n) is 3.78. The van der Waals surface area contributed by atoms with E-state index in [0.717, 1.165) is 16.8 Å². The first kappa shape index (κ1) is 17.5. The van der Waals surface area contributed by atoms with Crippen molar-refractivity contribution in [1.29, 1.82) is 0 Å². The summed E-state index contributed by atoms with van der Waals surface area (Å²) in [6.45, 7) is 12.3. The highest BCUT2D eigenvalue weighted by Crippen LogP contribution is 2.33. The fraction of sp³-hybridized carbons (Fsp3) is 0.200. The zero-order valence-electron chi connectivity index (χ0n) is 14.1. The molecule has 1 heterocycles. The Balaban J connectivity index is 2.77. The molecule has 2 aromatic rings. The molecule has 0 radical (unpaired) electrons. The molecule has 0 unspecified atom stereocenters. The smallest absolute Gasteiger partial charge is 0.340 e. The monoisotopic (exact) mass is 322 g/mol. The van der Waals surface area contributed by atoms with Crippen molar-refractivity contribution in [1.82, 2.24) is 4.98 Å². The van der Waals surface area contributed by atoms with Crippen LogP contribution < -0.4 is 4.90 Å². The first-order valence-electron chi connectivity index (χ1n) is 7.77. The number of aromatic carboxylic acids is 1. The SMILES string of the molecule is C=CCN(CC=C)c1nc(C)cc(-c2ccccc2C)c1C(=O)O. The van der Waals surface area contributed by atoms with Gasteiger partial charge in [0.2, 0.25) is 0 Å². The number of carbonyl (C=O) groups is 1. The van der Waals surface area contributed by atoms with E-state index in [4.69, 9.17) is 0 Å². The number of nitrogens with zero attached hydrogens (tertiary/aromatic N) is 2. The summed E-state index contributed by atoms with van der Waals surface area (Å²) < 4.78 is 0. The van der Waals surface area contributed by atoms with Crippen LogP contribution in [0.25, 0.3) is 11.1 Å². The Labute approximate surface area is 142 Å². The maximum Gasteiger partial charge on any atom is 0.340 e. The topological polar surface area (TPSA) is 53.4 Å². The van der Waals surface area contributed by atoms with E-state index >= 15 is 0 Å². The van der Waals surface area contributed by atoms with Gasteiger partial charge >= 0.3 is 5.97 Å². The summed E-state index contributed by atoms with van der Waals surface area (Å²) in [5.74, 6) is -0.547. The van der Waals surface area contributed by atoms with Crippen LogP contribution in [0.5, 0.6) is 0 Å². The first-order valence-corrected chi connectivity index (χ1v) is 7.77. The Bertz CT molecular complexity index is 771. The van der Waals surface area contributed by atoms with Gasteiger partial charge < -0.3 is 10.0 Å². The molecular weight excluding hydrogens is 300 g/mol. The number of aryl methyl sites for hydroxylation is 2. The van der Waals surface area contributed by atoms with Crippen molar-refractivity contribution in [3.63, 3.8) is 0 Å². The second-order valence-electron chi connectivity index (χ2n) is 5.61. The Morgan fingerprint density at radius 3 is 2.33 bits per heavy atom. The van der Waals surface area contributed by atoms with Gasteiger partial charge in [-0.05, 0) is 31.0 Å². The van der Waals surface area contributed by atoms with E-state index in [1.54, 1.807) is 12.2 Å². The lowest BCUT2D eigenvalue weighted by Crippen LogP contribution is -2.27. The van der Waals surface area contributed by atoms with E-state index in [1.165, 1.54) is 0 Å². The van der Waals surface area contributed by atoms with Crippen LogP contribution in [0.15, 0.2) is 55.6 Å². The summed E-state index contributed by atoms with van der Waals surface area (Å²) in [4.78, 5) is 18.4. The summed E-state index contributed by atoms with van der Waals surface area (Å²) in [6.07, 6.45) is 3.46. The van der Waals surface area contributed by atoms with E-state index < -0.39 is 5.97 Å². The molecule has 1 aromatic heterocycles. The average Bonchev–Trinajstić information content (AvgIpc) is 2.54. The van der Waals surface area contributed by atoms with Gasteiger partial charge in [0.1, 0.15) is 11.4 Å². The van der Waals surface area contributed by atoms with E-state index in [1.807, 2.05) is 49.1 Å². The molecule has 0 fully saturated rings. The number of aromatic nitrogens is 1. The molecule has 0 aliphatic heterocycles. The fourth-order valence-corrected chi connectivity index (χ4v) is 2.74. The molecule has 0 aliphatic rings. The van der Waals surface area contributed by atoms with Crippen LogP contribution in [-0.4, -0.2) is 29.1 Å². The molecule has 0 amide bonds. The maximum absolute atomic E-state index is 12.0. The van der Waals surface area contributed by atoms with Crippen LogP contribution in [0.4, 0.5) is 5.82 Å². The van der Waals surface area contributed by atoms with Crippen LogP contribution in [0.3, 0.4) is 0 Å². The summed E-state index contributed by atoms with van der Waals surface area (Å²) in [6, 6.07) is 9.59. The van der Waals surface area contributed by atoms with Gasteiger partial charge in [0.05, 0.1) is 0 Å².